The fourth-order valence-corrected chi connectivity index (χ4v) is 3.53. The Hall–Kier alpha value is -2.74. The molecule has 0 atom stereocenters. The van der Waals surface area contributed by atoms with E-state index in [9.17, 15) is 0 Å². The number of rotatable bonds is 5. The van der Waals surface area contributed by atoms with Crippen LogP contribution in [0, 0.1) is 6.92 Å². The Bertz CT molecular complexity index is 954. The number of hydrogen-bond donors (Lipinski definition) is 1. The number of anilines is 3. The number of aryl methyl sites for hydroxylation is 3. The van der Waals surface area contributed by atoms with E-state index in [1.165, 1.54) is 0 Å². The third-order valence-corrected chi connectivity index (χ3v) is 5.17. The second-order valence-corrected chi connectivity index (χ2v) is 7.53. The minimum atomic E-state index is 0.757. The molecule has 0 aliphatic carbocycles. The Morgan fingerprint density at radius 1 is 1.07 bits per heavy atom. The van der Waals surface area contributed by atoms with Crippen LogP contribution in [0.4, 0.5) is 17.6 Å². The first-order valence-electron chi connectivity index (χ1n) is 9.92. The van der Waals surface area contributed by atoms with E-state index in [-0.39, 0.29) is 0 Å². The SMILES string of the molecule is CCCc1nn(C)c2c(Nc3ccc(C)cn3)nc(N3CCN(C)CC3)nc12. The number of aromatic nitrogens is 5. The molecule has 1 saturated heterocycles. The van der Waals surface area contributed by atoms with Gasteiger partial charge in [-0.1, -0.05) is 19.4 Å². The van der Waals surface area contributed by atoms with Crippen molar-refractivity contribution in [3.63, 3.8) is 0 Å². The van der Waals surface area contributed by atoms with Crippen LogP contribution in [0.15, 0.2) is 18.3 Å². The highest BCUT2D eigenvalue weighted by Gasteiger charge is 2.22. The van der Waals surface area contributed by atoms with Gasteiger partial charge in [0.25, 0.3) is 0 Å². The van der Waals surface area contributed by atoms with Crippen LogP contribution >= 0.6 is 0 Å². The lowest BCUT2D eigenvalue weighted by atomic mass is 10.2. The van der Waals surface area contributed by atoms with Crippen molar-refractivity contribution in [3.05, 3.63) is 29.6 Å². The van der Waals surface area contributed by atoms with E-state index < -0.39 is 0 Å². The zero-order chi connectivity index (χ0) is 19.7. The summed E-state index contributed by atoms with van der Waals surface area (Å²) < 4.78 is 1.88. The number of hydrogen-bond acceptors (Lipinski definition) is 7. The molecule has 4 heterocycles. The molecule has 8 nitrogen and oxygen atoms in total. The van der Waals surface area contributed by atoms with Crippen molar-refractivity contribution in [1.29, 1.82) is 0 Å². The van der Waals surface area contributed by atoms with Crippen LogP contribution in [-0.2, 0) is 13.5 Å². The highest BCUT2D eigenvalue weighted by Crippen LogP contribution is 2.28. The maximum atomic E-state index is 4.93. The zero-order valence-electron chi connectivity index (χ0n) is 17.1. The first kappa shape index (κ1) is 18.6. The van der Waals surface area contributed by atoms with E-state index in [1.54, 1.807) is 0 Å². The minimum absolute atomic E-state index is 0.757. The summed E-state index contributed by atoms with van der Waals surface area (Å²) in [5, 5.41) is 8.12. The van der Waals surface area contributed by atoms with Gasteiger partial charge in [0.1, 0.15) is 16.9 Å². The summed E-state index contributed by atoms with van der Waals surface area (Å²) >= 11 is 0. The van der Waals surface area contributed by atoms with E-state index >= 15 is 0 Å². The van der Waals surface area contributed by atoms with E-state index in [2.05, 4.69) is 34.1 Å². The lowest BCUT2D eigenvalue weighted by Crippen LogP contribution is -2.45. The number of nitrogens with zero attached hydrogens (tertiary/aromatic N) is 7. The number of nitrogens with one attached hydrogen (secondary N) is 1. The van der Waals surface area contributed by atoms with Gasteiger partial charge in [-0.3, -0.25) is 4.68 Å². The van der Waals surface area contributed by atoms with Crippen LogP contribution in [0.3, 0.4) is 0 Å². The molecule has 0 bridgehead atoms. The Balaban J connectivity index is 1.79. The van der Waals surface area contributed by atoms with Crippen molar-refractivity contribution < 1.29 is 0 Å². The highest BCUT2D eigenvalue weighted by molar-refractivity contribution is 5.90. The molecular formula is C20H28N8. The number of piperazine rings is 1. The van der Waals surface area contributed by atoms with E-state index in [4.69, 9.17) is 15.1 Å². The molecule has 0 amide bonds. The van der Waals surface area contributed by atoms with E-state index in [0.717, 1.165) is 78.9 Å². The average molecular weight is 381 g/mol. The molecule has 3 aromatic heterocycles. The molecule has 0 radical (unpaired) electrons. The maximum absolute atomic E-state index is 4.93. The zero-order valence-corrected chi connectivity index (χ0v) is 17.1. The second-order valence-electron chi connectivity index (χ2n) is 7.53. The van der Waals surface area contributed by atoms with Crippen LogP contribution in [0.2, 0.25) is 0 Å². The summed E-state index contributed by atoms with van der Waals surface area (Å²) in [6.45, 7) is 8.07. The van der Waals surface area contributed by atoms with Crippen LogP contribution < -0.4 is 10.2 Å². The molecular weight excluding hydrogens is 352 g/mol. The topological polar surface area (TPSA) is 75.0 Å². The standard InChI is InChI=1S/C20H28N8/c1-5-6-15-17-18(27(4)25-15)19(22-16-8-7-14(2)13-21-16)24-20(23-17)28-11-9-26(3)10-12-28/h7-8,13H,5-6,9-12H2,1-4H3,(H,21,22,23,24). The van der Waals surface area contributed by atoms with Crippen LogP contribution in [0.1, 0.15) is 24.6 Å². The lowest BCUT2D eigenvalue weighted by Gasteiger charge is -2.32. The first-order valence-corrected chi connectivity index (χ1v) is 9.92. The molecule has 3 aromatic rings. The average Bonchev–Trinajstić information content (AvgIpc) is 3.00. The van der Waals surface area contributed by atoms with Crippen LogP contribution in [0.5, 0.6) is 0 Å². The predicted octanol–water partition coefficient (Wildman–Crippen LogP) is 2.51. The van der Waals surface area contributed by atoms with Crippen molar-refractivity contribution in [2.24, 2.45) is 7.05 Å². The van der Waals surface area contributed by atoms with Gasteiger partial charge < -0.3 is 15.1 Å². The van der Waals surface area contributed by atoms with Crippen molar-refractivity contribution in [3.8, 4) is 0 Å². The summed E-state index contributed by atoms with van der Waals surface area (Å²) in [5.74, 6) is 2.29. The molecule has 8 heteroatoms. The maximum Gasteiger partial charge on any atom is 0.228 e. The van der Waals surface area contributed by atoms with Gasteiger partial charge in [-0.15, -0.1) is 0 Å². The fraction of sp³-hybridized carbons (Fsp3) is 0.500. The van der Waals surface area contributed by atoms with Crippen molar-refractivity contribution in [2.45, 2.75) is 26.7 Å². The molecule has 0 unspecified atom stereocenters. The van der Waals surface area contributed by atoms with Crippen molar-refractivity contribution in [1.82, 2.24) is 29.6 Å². The van der Waals surface area contributed by atoms with Gasteiger partial charge in [0, 0.05) is 39.4 Å². The van der Waals surface area contributed by atoms with E-state index in [0.29, 0.717) is 0 Å². The molecule has 148 valence electrons. The minimum Gasteiger partial charge on any atom is -0.338 e. The third kappa shape index (κ3) is 3.64. The normalized spacial score (nSPS) is 15.4. The van der Waals surface area contributed by atoms with Gasteiger partial charge >= 0.3 is 0 Å². The Morgan fingerprint density at radius 3 is 2.54 bits per heavy atom. The highest BCUT2D eigenvalue weighted by atomic mass is 15.3. The fourth-order valence-electron chi connectivity index (χ4n) is 3.53. The smallest absolute Gasteiger partial charge is 0.228 e. The monoisotopic (exact) mass is 380 g/mol. The molecule has 0 spiro atoms. The summed E-state index contributed by atoms with van der Waals surface area (Å²) in [7, 11) is 4.10. The van der Waals surface area contributed by atoms with Crippen LogP contribution in [0.25, 0.3) is 11.0 Å². The Kier molecular flexibility index (Phi) is 5.13. The summed E-state index contributed by atoms with van der Waals surface area (Å²) in [6.07, 6.45) is 3.79. The van der Waals surface area contributed by atoms with Gasteiger partial charge in [0.05, 0.1) is 5.69 Å². The molecule has 0 aromatic carbocycles. The molecule has 1 aliphatic heterocycles. The Labute approximate surface area is 165 Å². The van der Waals surface area contributed by atoms with Gasteiger partial charge in [-0.2, -0.15) is 10.1 Å². The summed E-state index contributed by atoms with van der Waals surface area (Å²) in [4.78, 5) is 18.9. The predicted molar refractivity (Wildman–Crippen MR) is 112 cm³/mol. The number of fused-ring (bicyclic) bond motifs is 1. The van der Waals surface area contributed by atoms with Crippen molar-refractivity contribution in [2.75, 3.05) is 43.4 Å². The van der Waals surface area contributed by atoms with Crippen LogP contribution in [-0.4, -0.2) is 62.9 Å². The largest absolute Gasteiger partial charge is 0.338 e. The molecule has 1 aliphatic rings. The molecule has 1 N–H and O–H groups in total. The number of pyridine rings is 1. The molecule has 0 saturated carbocycles. The number of likely N-dealkylation sites (N-methyl/N-ethyl adjacent to an activating group) is 1. The summed E-state index contributed by atoms with van der Waals surface area (Å²) in [6, 6.07) is 4.02. The lowest BCUT2D eigenvalue weighted by molar-refractivity contribution is 0.311. The van der Waals surface area contributed by atoms with E-state index in [1.807, 2.05) is 37.0 Å². The van der Waals surface area contributed by atoms with Gasteiger partial charge in [-0.25, -0.2) is 9.97 Å². The van der Waals surface area contributed by atoms with Gasteiger partial charge in [0.15, 0.2) is 5.82 Å². The van der Waals surface area contributed by atoms with Crippen molar-refractivity contribution >= 4 is 28.6 Å². The Morgan fingerprint density at radius 2 is 1.86 bits per heavy atom. The van der Waals surface area contributed by atoms with Gasteiger partial charge in [-0.05, 0) is 32.0 Å². The van der Waals surface area contributed by atoms with Gasteiger partial charge in [0.2, 0.25) is 5.95 Å². The quantitative estimate of drug-likeness (QED) is 0.729. The molecule has 1 fully saturated rings. The first-order chi connectivity index (χ1) is 13.5. The second kappa shape index (κ2) is 7.71. The molecule has 4 rings (SSSR count). The molecule has 28 heavy (non-hydrogen) atoms. The summed E-state index contributed by atoms with van der Waals surface area (Å²) in [5.41, 5.74) is 4.01. The third-order valence-electron chi connectivity index (χ3n) is 5.17.